The third-order valence-corrected chi connectivity index (χ3v) is 3.64. The van der Waals surface area contributed by atoms with Crippen LogP contribution in [0.15, 0.2) is 0 Å². The van der Waals surface area contributed by atoms with Crippen molar-refractivity contribution in [2.45, 2.75) is 58.3 Å². The van der Waals surface area contributed by atoms with E-state index in [4.69, 9.17) is 5.11 Å². The molecule has 0 spiro atoms. The molecule has 0 aliphatic heterocycles. The van der Waals surface area contributed by atoms with Crippen LogP contribution in [-0.2, 0) is 9.59 Å². The lowest BCUT2D eigenvalue weighted by Gasteiger charge is -2.32. The standard InChI is InChI=1S/C13H22O3/c1-10-11(9-12(10)14)7-5-3-2-4-6-8-13(15)16/h10-11H,2-9H2,1H3,(H,15,16)/t10-,11-/m1/s1. The molecule has 92 valence electrons. The third-order valence-electron chi connectivity index (χ3n) is 3.64. The minimum atomic E-state index is -0.693. The van der Waals surface area contributed by atoms with Crippen molar-refractivity contribution in [2.75, 3.05) is 0 Å². The van der Waals surface area contributed by atoms with Crippen molar-refractivity contribution < 1.29 is 14.7 Å². The molecule has 1 fully saturated rings. The molecule has 3 nitrogen and oxygen atoms in total. The molecule has 0 aromatic heterocycles. The van der Waals surface area contributed by atoms with Crippen LogP contribution in [0.1, 0.15) is 58.3 Å². The van der Waals surface area contributed by atoms with Gasteiger partial charge < -0.3 is 5.11 Å². The summed E-state index contributed by atoms with van der Waals surface area (Å²) in [7, 11) is 0. The second kappa shape index (κ2) is 6.66. The molecule has 1 N–H and O–H groups in total. The Labute approximate surface area is 97.2 Å². The van der Waals surface area contributed by atoms with Crippen LogP contribution in [0.4, 0.5) is 0 Å². The van der Waals surface area contributed by atoms with Gasteiger partial charge in [0.05, 0.1) is 0 Å². The van der Waals surface area contributed by atoms with Crippen LogP contribution in [-0.4, -0.2) is 16.9 Å². The average molecular weight is 226 g/mol. The monoisotopic (exact) mass is 226 g/mol. The largest absolute Gasteiger partial charge is 0.481 e. The highest BCUT2D eigenvalue weighted by atomic mass is 16.4. The first-order chi connectivity index (χ1) is 7.61. The van der Waals surface area contributed by atoms with Crippen LogP contribution >= 0.6 is 0 Å². The topological polar surface area (TPSA) is 54.4 Å². The summed E-state index contributed by atoms with van der Waals surface area (Å²) in [5.74, 6) is 0.659. The third kappa shape index (κ3) is 4.33. The normalized spacial score (nSPS) is 24.2. The maximum Gasteiger partial charge on any atom is 0.303 e. The summed E-state index contributed by atoms with van der Waals surface area (Å²) >= 11 is 0. The highest BCUT2D eigenvalue weighted by Crippen LogP contribution is 2.34. The van der Waals surface area contributed by atoms with E-state index in [0.29, 0.717) is 24.0 Å². The summed E-state index contributed by atoms with van der Waals surface area (Å²) in [5, 5.41) is 8.45. The van der Waals surface area contributed by atoms with E-state index >= 15 is 0 Å². The van der Waals surface area contributed by atoms with E-state index in [1.807, 2.05) is 6.92 Å². The van der Waals surface area contributed by atoms with Crippen LogP contribution in [0.25, 0.3) is 0 Å². The average Bonchev–Trinajstić information content (AvgIpc) is 2.25. The number of hydrogen-bond acceptors (Lipinski definition) is 2. The number of carboxylic acids is 1. The minimum Gasteiger partial charge on any atom is -0.481 e. The molecular formula is C13H22O3. The van der Waals surface area contributed by atoms with E-state index in [-0.39, 0.29) is 0 Å². The van der Waals surface area contributed by atoms with Crippen LogP contribution in [0.5, 0.6) is 0 Å². The molecule has 0 bridgehead atoms. The fourth-order valence-electron chi connectivity index (χ4n) is 2.29. The minimum absolute atomic E-state index is 0.298. The summed E-state index contributed by atoms with van der Waals surface area (Å²) in [6, 6.07) is 0. The first-order valence-corrected chi connectivity index (χ1v) is 6.35. The van der Waals surface area contributed by atoms with Crippen molar-refractivity contribution in [3.63, 3.8) is 0 Å². The molecule has 1 aliphatic carbocycles. The van der Waals surface area contributed by atoms with Gasteiger partial charge in [0.2, 0.25) is 0 Å². The van der Waals surface area contributed by atoms with E-state index in [9.17, 15) is 9.59 Å². The fraction of sp³-hybridized carbons (Fsp3) is 0.846. The molecule has 0 unspecified atom stereocenters. The van der Waals surface area contributed by atoms with Gasteiger partial charge in [0, 0.05) is 18.8 Å². The van der Waals surface area contributed by atoms with E-state index in [1.165, 1.54) is 19.3 Å². The second-order valence-electron chi connectivity index (χ2n) is 4.92. The van der Waals surface area contributed by atoms with Crippen molar-refractivity contribution in [1.82, 2.24) is 0 Å². The molecule has 1 aliphatic rings. The Morgan fingerprint density at radius 2 is 1.88 bits per heavy atom. The molecule has 0 aromatic carbocycles. The highest BCUT2D eigenvalue weighted by Gasteiger charge is 2.34. The van der Waals surface area contributed by atoms with Gasteiger partial charge in [-0.1, -0.05) is 32.6 Å². The molecule has 0 radical (unpaired) electrons. The van der Waals surface area contributed by atoms with Crippen LogP contribution in [0.2, 0.25) is 0 Å². The zero-order chi connectivity index (χ0) is 12.0. The first kappa shape index (κ1) is 13.2. The Morgan fingerprint density at radius 3 is 2.44 bits per heavy atom. The van der Waals surface area contributed by atoms with Crippen LogP contribution in [0, 0.1) is 11.8 Å². The molecule has 0 amide bonds. The van der Waals surface area contributed by atoms with Crippen molar-refractivity contribution >= 4 is 11.8 Å². The Hall–Kier alpha value is -0.860. The number of carbonyl (C=O) groups excluding carboxylic acids is 1. The summed E-state index contributed by atoms with van der Waals surface area (Å²) in [5.41, 5.74) is 0. The number of carboxylic acid groups (broad SMARTS) is 1. The zero-order valence-corrected chi connectivity index (χ0v) is 10.1. The molecule has 1 saturated carbocycles. The maximum absolute atomic E-state index is 11.0. The summed E-state index contributed by atoms with van der Waals surface area (Å²) in [6.07, 6.45) is 7.58. The predicted octanol–water partition coefficient (Wildman–Crippen LogP) is 3.03. The number of carbonyl (C=O) groups is 2. The lowest BCUT2D eigenvalue weighted by Crippen LogP contribution is -2.34. The summed E-state index contributed by atoms with van der Waals surface area (Å²) in [4.78, 5) is 21.3. The number of aliphatic carboxylic acids is 1. The predicted molar refractivity (Wildman–Crippen MR) is 62.2 cm³/mol. The van der Waals surface area contributed by atoms with Gasteiger partial charge in [0.25, 0.3) is 0 Å². The molecule has 16 heavy (non-hydrogen) atoms. The fourth-order valence-corrected chi connectivity index (χ4v) is 2.29. The quantitative estimate of drug-likeness (QED) is 0.647. The lowest BCUT2D eigenvalue weighted by molar-refractivity contribution is -0.137. The van der Waals surface area contributed by atoms with Crippen molar-refractivity contribution in [3.05, 3.63) is 0 Å². The molecule has 0 saturated heterocycles. The highest BCUT2D eigenvalue weighted by molar-refractivity contribution is 5.86. The maximum atomic E-state index is 11.0. The molecule has 0 aromatic rings. The zero-order valence-electron chi connectivity index (χ0n) is 10.1. The number of rotatable bonds is 8. The number of Topliss-reactive ketones (excluding diaryl/α,β-unsaturated/α-hetero) is 1. The SMILES string of the molecule is C[C@H]1C(=O)C[C@H]1CCCCCCCC(=O)O. The number of hydrogen-bond donors (Lipinski definition) is 1. The van der Waals surface area contributed by atoms with E-state index in [0.717, 1.165) is 25.7 Å². The molecule has 1 rings (SSSR count). The van der Waals surface area contributed by atoms with Gasteiger partial charge in [-0.05, 0) is 18.8 Å². The smallest absolute Gasteiger partial charge is 0.303 e. The number of unbranched alkanes of at least 4 members (excludes halogenated alkanes) is 4. The van der Waals surface area contributed by atoms with Crippen molar-refractivity contribution in [3.8, 4) is 0 Å². The second-order valence-corrected chi connectivity index (χ2v) is 4.92. The van der Waals surface area contributed by atoms with Gasteiger partial charge in [-0.3, -0.25) is 9.59 Å². The Kier molecular flexibility index (Phi) is 5.50. The molecule has 2 atom stereocenters. The Bertz CT molecular complexity index is 248. The molecule has 0 heterocycles. The summed E-state index contributed by atoms with van der Waals surface area (Å²) in [6.45, 7) is 2.03. The van der Waals surface area contributed by atoms with Gasteiger partial charge in [-0.2, -0.15) is 0 Å². The molecule has 3 heteroatoms. The van der Waals surface area contributed by atoms with Crippen LogP contribution in [0.3, 0.4) is 0 Å². The van der Waals surface area contributed by atoms with Gasteiger partial charge >= 0.3 is 5.97 Å². The van der Waals surface area contributed by atoms with Gasteiger partial charge in [0.15, 0.2) is 0 Å². The lowest BCUT2D eigenvalue weighted by atomic mass is 9.71. The van der Waals surface area contributed by atoms with Gasteiger partial charge in [-0.25, -0.2) is 0 Å². The van der Waals surface area contributed by atoms with Crippen molar-refractivity contribution in [2.24, 2.45) is 11.8 Å². The van der Waals surface area contributed by atoms with Gasteiger partial charge in [-0.15, -0.1) is 0 Å². The summed E-state index contributed by atoms with van der Waals surface area (Å²) < 4.78 is 0. The Morgan fingerprint density at radius 1 is 1.25 bits per heavy atom. The van der Waals surface area contributed by atoms with E-state index in [2.05, 4.69) is 0 Å². The first-order valence-electron chi connectivity index (χ1n) is 6.35. The van der Waals surface area contributed by atoms with E-state index < -0.39 is 5.97 Å². The van der Waals surface area contributed by atoms with Crippen LogP contribution < -0.4 is 0 Å². The Balaban J connectivity index is 1.85. The molecular weight excluding hydrogens is 204 g/mol. The van der Waals surface area contributed by atoms with Crippen molar-refractivity contribution in [1.29, 1.82) is 0 Å². The van der Waals surface area contributed by atoms with E-state index in [1.54, 1.807) is 0 Å². The number of ketones is 1. The van der Waals surface area contributed by atoms with Gasteiger partial charge in [0.1, 0.15) is 5.78 Å².